The van der Waals surface area contributed by atoms with E-state index in [4.69, 9.17) is 0 Å². The van der Waals surface area contributed by atoms with Gasteiger partial charge in [0.15, 0.2) is 11.5 Å². The molecule has 0 unspecified atom stereocenters. The minimum Gasteiger partial charge on any atom is -0.365 e. The molecule has 4 aromatic heterocycles. The van der Waals surface area contributed by atoms with Crippen LogP contribution in [-0.2, 0) is 0 Å². The van der Waals surface area contributed by atoms with E-state index in [9.17, 15) is 9.18 Å². The summed E-state index contributed by atoms with van der Waals surface area (Å²) in [6.07, 6.45) is 5.27. The molecule has 5 rings (SSSR count). The summed E-state index contributed by atoms with van der Waals surface area (Å²) < 4.78 is 17.6. The minimum atomic E-state index is -0.404. The van der Waals surface area contributed by atoms with Crippen LogP contribution in [-0.4, -0.2) is 44.9 Å². The minimum absolute atomic E-state index is 0.0923. The molecule has 0 bridgehead atoms. The summed E-state index contributed by atoms with van der Waals surface area (Å²) in [5.41, 5.74) is 3.38. The molecule has 1 aliphatic rings. The molecule has 5 heterocycles. The van der Waals surface area contributed by atoms with Gasteiger partial charge >= 0.3 is 0 Å². The first-order valence-corrected chi connectivity index (χ1v) is 9.23. The summed E-state index contributed by atoms with van der Waals surface area (Å²) in [6.45, 7) is 5.15. The summed E-state index contributed by atoms with van der Waals surface area (Å²) in [5, 5.41) is 3.29. The SMILES string of the molecule is Cc1cn2cc(-c3ccn4c(=O)c(N5CCNCC5)ccc4n3)cc(F)c2n1. The van der Waals surface area contributed by atoms with Crippen molar-refractivity contribution in [1.29, 1.82) is 0 Å². The van der Waals surface area contributed by atoms with E-state index in [-0.39, 0.29) is 5.56 Å². The highest BCUT2D eigenvalue weighted by Crippen LogP contribution is 2.22. The zero-order valence-corrected chi connectivity index (χ0v) is 15.4. The second-order valence-electron chi connectivity index (χ2n) is 6.99. The molecule has 1 fully saturated rings. The lowest BCUT2D eigenvalue weighted by Crippen LogP contribution is -2.45. The number of aromatic nitrogens is 4. The van der Waals surface area contributed by atoms with Crippen molar-refractivity contribution in [3.8, 4) is 11.3 Å². The molecule has 0 aliphatic carbocycles. The van der Waals surface area contributed by atoms with Gasteiger partial charge in [0.05, 0.1) is 11.4 Å². The highest BCUT2D eigenvalue weighted by Gasteiger charge is 2.16. The monoisotopic (exact) mass is 378 g/mol. The van der Waals surface area contributed by atoms with Gasteiger partial charge in [-0.3, -0.25) is 9.20 Å². The lowest BCUT2D eigenvalue weighted by Gasteiger charge is -2.28. The first-order chi connectivity index (χ1) is 13.6. The van der Waals surface area contributed by atoms with Crippen molar-refractivity contribution in [1.82, 2.24) is 24.1 Å². The number of anilines is 1. The number of pyridine rings is 2. The fourth-order valence-electron chi connectivity index (χ4n) is 3.70. The van der Waals surface area contributed by atoms with Crippen LogP contribution in [0.1, 0.15) is 5.69 Å². The molecule has 0 amide bonds. The summed E-state index contributed by atoms with van der Waals surface area (Å²) >= 11 is 0. The first-order valence-electron chi connectivity index (χ1n) is 9.23. The van der Waals surface area contributed by atoms with E-state index >= 15 is 0 Å². The molecule has 1 saturated heterocycles. The quantitative estimate of drug-likeness (QED) is 0.577. The lowest BCUT2D eigenvalue weighted by molar-refractivity contribution is 0.587. The Bertz CT molecular complexity index is 1260. The van der Waals surface area contributed by atoms with Gasteiger partial charge in [-0.1, -0.05) is 0 Å². The van der Waals surface area contributed by atoms with Crippen molar-refractivity contribution >= 4 is 17.0 Å². The van der Waals surface area contributed by atoms with Crippen LogP contribution in [0.5, 0.6) is 0 Å². The zero-order chi connectivity index (χ0) is 19.3. The number of nitrogens with one attached hydrogen (secondary N) is 1. The fourth-order valence-corrected chi connectivity index (χ4v) is 3.70. The van der Waals surface area contributed by atoms with E-state index in [1.54, 1.807) is 29.1 Å². The fraction of sp³-hybridized carbons (Fsp3) is 0.250. The Balaban J connectivity index is 1.59. The van der Waals surface area contributed by atoms with Gasteiger partial charge in [-0.25, -0.2) is 14.4 Å². The Labute approximate surface area is 160 Å². The second-order valence-corrected chi connectivity index (χ2v) is 6.99. The van der Waals surface area contributed by atoms with Crippen molar-refractivity contribution in [3.63, 3.8) is 0 Å². The number of fused-ring (bicyclic) bond motifs is 2. The van der Waals surface area contributed by atoms with Crippen molar-refractivity contribution < 1.29 is 4.39 Å². The standard InChI is InChI=1S/C20H19FN6O/c1-13-11-26-12-14(10-15(21)19(26)23-13)16-4-7-27-18(24-16)3-2-17(20(27)28)25-8-5-22-6-9-25/h2-4,7,10-12,22H,5-6,8-9H2,1H3. The molecule has 0 saturated carbocycles. The van der Waals surface area contributed by atoms with E-state index in [0.29, 0.717) is 28.2 Å². The van der Waals surface area contributed by atoms with Crippen molar-refractivity contribution in [2.75, 3.05) is 31.1 Å². The molecular weight excluding hydrogens is 359 g/mol. The van der Waals surface area contributed by atoms with Crippen molar-refractivity contribution in [2.24, 2.45) is 0 Å². The molecule has 142 valence electrons. The zero-order valence-electron chi connectivity index (χ0n) is 15.4. The molecule has 1 N–H and O–H groups in total. The molecule has 0 aromatic carbocycles. The number of hydrogen-bond acceptors (Lipinski definition) is 5. The maximum atomic E-state index is 14.4. The van der Waals surface area contributed by atoms with Gasteiger partial charge in [-0.15, -0.1) is 0 Å². The largest absolute Gasteiger partial charge is 0.365 e. The first kappa shape index (κ1) is 16.9. The normalized spacial score (nSPS) is 14.9. The van der Waals surface area contributed by atoms with Crippen LogP contribution in [0.25, 0.3) is 22.6 Å². The lowest BCUT2D eigenvalue weighted by atomic mass is 10.2. The molecule has 28 heavy (non-hydrogen) atoms. The third-order valence-corrected chi connectivity index (χ3v) is 5.07. The van der Waals surface area contributed by atoms with Crippen LogP contribution in [0.15, 0.2) is 47.7 Å². The van der Waals surface area contributed by atoms with Gasteiger partial charge in [0, 0.05) is 50.3 Å². The Kier molecular flexibility index (Phi) is 3.87. The number of imidazole rings is 1. The van der Waals surface area contributed by atoms with E-state index in [1.165, 1.54) is 10.5 Å². The van der Waals surface area contributed by atoms with E-state index < -0.39 is 5.82 Å². The van der Waals surface area contributed by atoms with Crippen LogP contribution in [0.3, 0.4) is 0 Å². The average Bonchev–Trinajstić information content (AvgIpc) is 3.09. The van der Waals surface area contributed by atoms with Crippen LogP contribution in [0.4, 0.5) is 10.1 Å². The van der Waals surface area contributed by atoms with E-state index in [0.717, 1.165) is 31.9 Å². The number of halogens is 1. The van der Waals surface area contributed by atoms with Crippen LogP contribution in [0, 0.1) is 12.7 Å². The predicted molar refractivity (Wildman–Crippen MR) is 105 cm³/mol. The Hall–Kier alpha value is -3.26. The number of hydrogen-bond donors (Lipinski definition) is 1. The summed E-state index contributed by atoms with van der Waals surface area (Å²) in [6, 6.07) is 6.81. The molecule has 0 atom stereocenters. The van der Waals surface area contributed by atoms with Crippen LogP contribution in [0.2, 0.25) is 0 Å². The van der Waals surface area contributed by atoms with Crippen molar-refractivity contribution in [3.05, 3.63) is 64.7 Å². The van der Waals surface area contributed by atoms with Gasteiger partial charge < -0.3 is 14.6 Å². The van der Waals surface area contributed by atoms with Gasteiger partial charge in [0.1, 0.15) is 11.3 Å². The Morgan fingerprint density at radius 2 is 1.93 bits per heavy atom. The number of piperazine rings is 1. The van der Waals surface area contributed by atoms with Crippen LogP contribution >= 0.6 is 0 Å². The molecule has 8 heteroatoms. The highest BCUT2D eigenvalue weighted by atomic mass is 19.1. The number of rotatable bonds is 2. The van der Waals surface area contributed by atoms with Gasteiger partial charge in [0.25, 0.3) is 5.56 Å². The number of aryl methyl sites for hydroxylation is 1. The molecule has 4 aromatic rings. The maximum Gasteiger partial charge on any atom is 0.279 e. The molecule has 1 aliphatic heterocycles. The second kappa shape index (κ2) is 6.42. The topological polar surface area (TPSA) is 66.9 Å². The van der Waals surface area contributed by atoms with Gasteiger partial charge in [0.2, 0.25) is 0 Å². The maximum absolute atomic E-state index is 14.4. The van der Waals surface area contributed by atoms with Crippen molar-refractivity contribution in [2.45, 2.75) is 6.92 Å². The smallest absolute Gasteiger partial charge is 0.279 e. The third kappa shape index (κ3) is 2.73. The summed E-state index contributed by atoms with van der Waals surface area (Å²) in [5.74, 6) is -0.404. The molecular formula is C20H19FN6O. The van der Waals surface area contributed by atoms with Gasteiger partial charge in [-0.05, 0) is 31.2 Å². The molecule has 0 spiro atoms. The van der Waals surface area contributed by atoms with Gasteiger partial charge in [-0.2, -0.15) is 0 Å². The highest BCUT2D eigenvalue weighted by molar-refractivity contribution is 5.64. The summed E-state index contributed by atoms with van der Waals surface area (Å²) in [7, 11) is 0. The van der Waals surface area contributed by atoms with E-state index in [2.05, 4.69) is 20.2 Å². The third-order valence-electron chi connectivity index (χ3n) is 5.07. The average molecular weight is 378 g/mol. The molecule has 7 nitrogen and oxygen atoms in total. The molecule has 0 radical (unpaired) electrons. The Morgan fingerprint density at radius 1 is 1.11 bits per heavy atom. The number of nitrogens with zero attached hydrogens (tertiary/aromatic N) is 5. The summed E-state index contributed by atoms with van der Waals surface area (Å²) in [4.78, 5) is 23.7. The van der Waals surface area contributed by atoms with Crippen LogP contribution < -0.4 is 15.8 Å². The van der Waals surface area contributed by atoms with E-state index in [1.807, 2.05) is 19.1 Å². The predicted octanol–water partition coefficient (Wildman–Crippen LogP) is 1.87. The Morgan fingerprint density at radius 3 is 2.75 bits per heavy atom.